The summed E-state index contributed by atoms with van der Waals surface area (Å²) in [5, 5.41) is 14.2. The molecule has 0 unspecified atom stereocenters. The van der Waals surface area contributed by atoms with Gasteiger partial charge in [-0.1, -0.05) is 6.07 Å². The summed E-state index contributed by atoms with van der Waals surface area (Å²) in [6.45, 7) is 1.69. The zero-order chi connectivity index (χ0) is 15.8. The molecule has 0 atom stereocenters. The third-order valence-corrected chi connectivity index (χ3v) is 3.58. The Morgan fingerprint density at radius 3 is 2.57 bits per heavy atom. The standard InChI is InChI=1S/C12H9F3IN3O2/c1-7-4-8(2-3-10(7)19(20)21)5-18-6-9(16)11(17-18)12(13,14)15/h2-4,6H,5H2,1H3. The van der Waals surface area contributed by atoms with E-state index in [4.69, 9.17) is 0 Å². The molecule has 0 fully saturated rings. The molecule has 0 saturated heterocycles. The number of benzene rings is 1. The fourth-order valence-electron chi connectivity index (χ4n) is 1.88. The van der Waals surface area contributed by atoms with E-state index in [9.17, 15) is 23.3 Å². The second-order valence-corrected chi connectivity index (χ2v) is 5.56. The molecular formula is C12H9F3IN3O2. The van der Waals surface area contributed by atoms with Gasteiger partial charge in [0.05, 0.1) is 15.0 Å². The van der Waals surface area contributed by atoms with Gasteiger partial charge in [0, 0.05) is 17.8 Å². The lowest BCUT2D eigenvalue weighted by atomic mass is 10.1. The molecular weight excluding hydrogens is 402 g/mol. The number of rotatable bonds is 3. The first-order valence-corrected chi connectivity index (χ1v) is 6.80. The molecule has 5 nitrogen and oxygen atoms in total. The van der Waals surface area contributed by atoms with Crippen molar-refractivity contribution in [3.05, 3.63) is 54.9 Å². The van der Waals surface area contributed by atoms with Crippen LogP contribution in [0.1, 0.15) is 16.8 Å². The molecule has 1 aromatic carbocycles. The summed E-state index contributed by atoms with van der Waals surface area (Å²) in [5.41, 5.74) is 0.146. The molecule has 0 aliphatic rings. The maximum Gasteiger partial charge on any atom is 0.436 e. The summed E-state index contributed by atoms with van der Waals surface area (Å²) in [5.74, 6) is 0. The molecule has 2 rings (SSSR count). The molecule has 112 valence electrons. The van der Waals surface area contributed by atoms with Crippen LogP contribution in [0.3, 0.4) is 0 Å². The number of aromatic nitrogens is 2. The van der Waals surface area contributed by atoms with Crippen LogP contribution in [0.15, 0.2) is 24.4 Å². The van der Waals surface area contributed by atoms with Gasteiger partial charge in [0.1, 0.15) is 0 Å². The number of nitrogens with zero attached hydrogens (tertiary/aromatic N) is 3. The SMILES string of the molecule is Cc1cc(Cn2cc(I)c(C(F)(F)F)n2)ccc1[N+](=O)[O-]. The average Bonchev–Trinajstić information content (AvgIpc) is 2.69. The summed E-state index contributed by atoms with van der Waals surface area (Å²) in [7, 11) is 0. The highest BCUT2D eigenvalue weighted by Gasteiger charge is 2.36. The van der Waals surface area contributed by atoms with Crippen molar-refractivity contribution in [2.45, 2.75) is 19.6 Å². The summed E-state index contributed by atoms with van der Waals surface area (Å²) in [4.78, 5) is 10.2. The van der Waals surface area contributed by atoms with Crippen LogP contribution >= 0.6 is 22.6 Å². The van der Waals surface area contributed by atoms with Crippen LogP contribution < -0.4 is 0 Å². The minimum Gasteiger partial charge on any atom is -0.267 e. The number of hydrogen-bond acceptors (Lipinski definition) is 3. The Morgan fingerprint density at radius 1 is 1.43 bits per heavy atom. The van der Waals surface area contributed by atoms with E-state index in [1.165, 1.54) is 23.0 Å². The summed E-state index contributed by atoms with van der Waals surface area (Å²) >= 11 is 1.58. The summed E-state index contributed by atoms with van der Waals surface area (Å²) in [6, 6.07) is 4.41. The Morgan fingerprint density at radius 2 is 2.10 bits per heavy atom. The van der Waals surface area contributed by atoms with Gasteiger partial charge in [0.25, 0.3) is 5.69 Å². The van der Waals surface area contributed by atoms with Crippen LogP contribution in [0.25, 0.3) is 0 Å². The highest BCUT2D eigenvalue weighted by molar-refractivity contribution is 14.1. The van der Waals surface area contributed by atoms with Crippen molar-refractivity contribution in [2.75, 3.05) is 0 Å². The van der Waals surface area contributed by atoms with Crippen LogP contribution in [-0.2, 0) is 12.7 Å². The molecule has 1 heterocycles. The van der Waals surface area contributed by atoms with Crippen molar-refractivity contribution >= 4 is 28.3 Å². The Balaban J connectivity index is 2.27. The van der Waals surface area contributed by atoms with Crippen LogP contribution in [0.4, 0.5) is 18.9 Å². The number of nitro benzene ring substituents is 1. The van der Waals surface area contributed by atoms with Crippen molar-refractivity contribution in [1.82, 2.24) is 9.78 Å². The van der Waals surface area contributed by atoms with Gasteiger partial charge in [-0.25, -0.2) is 0 Å². The van der Waals surface area contributed by atoms with Crippen molar-refractivity contribution in [3.63, 3.8) is 0 Å². The van der Waals surface area contributed by atoms with Crippen molar-refractivity contribution in [2.24, 2.45) is 0 Å². The molecule has 0 amide bonds. The van der Waals surface area contributed by atoms with Gasteiger partial charge in [-0.05, 0) is 41.1 Å². The van der Waals surface area contributed by atoms with Crippen LogP contribution in [0.2, 0.25) is 0 Å². The average molecular weight is 411 g/mol. The number of alkyl halides is 3. The lowest BCUT2D eigenvalue weighted by Crippen LogP contribution is -2.09. The monoisotopic (exact) mass is 411 g/mol. The topological polar surface area (TPSA) is 61.0 Å². The van der Waals surface area contributed by atoms with Gasteiger partial charge in [-0.2, -0.15) is 18.3 Å². The predicted molar refractivity (Wildman–Crippen MR) is 76.9 cm³/mol. The molecule has 0 N–H and O–H groups in total. The fourth-order valence-corrected chi connectivity index (χ4v) is 2.61. The molecule has 0 aliphatic carbocycles. The quantitative estimate of drug-likeness (QED) is 0.439. The molecule has 0 spiro atoms. The van der Waals surface area contributed by atoms with E-state index in [-0.39, 0.29) is 15.8 Å². The first-order valence-electron chi connectivity index (χ1n) is 5.72. The first-order chi connectivity index (χ1) is 9.68. The predicted octanol–water partition coefficient (Wildman–Crippen LogP) is 3.77. The largest absolute Gasteiger partial charge is 0.436 e. The molecule has 21 heavy (non-hydrogen) atoms. The highest BCUT2D eigenvalue weighted by atomic mass is 127. The number of halogens is 4. The zero-order valence-corrected chi connectivity index (χ0v) is 12.8. The smallest absolute Gasteiger partial charge is 0.267 e. The molecule has 0 saturated carbocycles. The van der Waals surface area contributed by atoms with E-state index in [1.54, 1.807) is 35.6 Å². The third kappa shape index (κ3) is 3.52. The Kier molecular flexibility index (Phi) is 4.21. The van der Waals surface area contributed by atoms with E-state index >= 15 is 0 Å². The van der Waals surface area contributed by atoms with Gasteiger partial charge in [-0.3, -0.25) is 14.8 Å². The van der Waals surface area contributed by atoms with Gasteiger partial charge in [0.2, 0.25) is 0 Å². The van der Waals surface area contributed by atoms with E-state index in [0.29, 0.717) is 11.1 Å². The van der Waals surface area contributed by atoms with Crippen molar-refractivity contribution < 1.29 is 18.1 Å². The molecule has 2 aromatic rings. The highest BCUT2D eigenvalue weighted by Crippen LogP contribution is 2.31. The molecule has 0 bridgehead atoms. The fraction of sp³-hybridized carbons (Fsp3) is 0.250. The summed E-state index contributed by atoms with van der Waals surface area (Å²) < 4.78 is 39.1. The first kappa shape index (κ1) is 15.7. The van der Waals surface area contributed by atoms with Crippen LogP contribution in [0.5, 0.6) is 0 Å². The number of nitro groups is 1. The maximum absolute atomic E-state index is 12.7. The van der Waals surface area contributed by atoms with Gasteiger partial charge < -0.3 is 0 Å². The lowest BCUT2D eigenvalue weighted by molar-refractivity contribution is -0.385. The van der Waals surface area contributed by atoms with Crippen molar-refractivity contribution in [1.29, 1.82) is 0 Å². The van der Waals surface area contributed by atoms with E-state index in [2.05, 4.69) is 5.10 Å². The van der Waals surface area contributed by atoms with Crippen LogP contribution in [0, 0.1) is 20.6 Å². The second-order valence-electron chi connectivity index (χ2n) is 4.40. The van der Waals surface area contributed by atoms with Gasteiger partial charge in [-0.15, -0.1) is 0 Å². The molecule has 1 aromatic heterocycles. The Bertz CT molecular complexity index is 698. The molecule has 0 aliphatic heterocycles. The Labute approximate surface area is 131 Å². The minimum atomic E-state index is -4.49. The lowest BCUT2D eigenvalue weighted by Gasteiger charge is -2.05. The van der Waals surface area contributed by atoms with Gasteiger partial charge in [0.15, 0.2) is 5.69 Å². The van der Waals surface area contributed by atoms with E-state index < -0.39 is 16.8 Å². The molecule has 0 radical (unpaired) electrons. The maximum atomic E-state index is 12.7. The Hall–Kier alpha value is -1.65. The second kappa shape index (κ2) is 5.62. The van der Waals surface area contributed by atoms with Gasteiger partial charge >= 0.3 is 6.18 Å². The third-order valence-electron chi connectivity index (χ3n) is 2.79. The van der Waals surface area contributed by atoms with Crippen LogP contribution in [-0.4, -0.2) is 14.7 Å². The normalized spacial score (nSPS) is 11.7. The zero-order valence-electron chi connectivity index (χ0n) is 10.7. The van der Waals surface area contributed by atoms with E-state index in [1.807, 2.05) is 0 Å². The molecule has 9 heteroatoms. The number of hydrogen-bond donors (Lipinski definition) is 0. The number of aryl methyl sites for hydroxylation is 1. The van der Waals surface area contributed by atoms with E-state index in [0.717, 1.165) is 0 Å². The van der Waals surface area contributed by atoms with Crippen molar-refractivity contribution in [3.8, 4) is 0 Å². The summed E-state index contributed by atoms with van der Waals surface area (Å²) in [6.07, 6.45) is -3.20. The minimum absolute atomic E-state index is 0.0127.